The summed E-state index contributed by atoms with van der Waals surface area (Å²) in [7, 11) is 0. The number of nitrogens with zero attached hydrogens (tertiary/aromatic N) is 3. The fourth-order valence-electron chi connectivity index (χ4n) is 6.64. The van der Waals surface area contributed by atoms with E-state index in [2.05, 4.69) is 36.4 Å². The van der Waals surface area contributed by atoms with Crippen molar-refractivity contribution in [2.45, 2.75) is 0 Å². The van der Waals surface area contributed by atoms with Gasteiger partial charge in [-0.25, -0.2) is 15.0 Å². The van der Waals surface area contributed by atoms with E-state index in [4.69, 9.17) is 19.4 Å². The van der Waals surface area contributed by atoms with Crippen LogP contribution in [0.1, 0.15) is 0 Å². The highest BCUT2D eigenvalue weighted by Gasteiger charge is 2.23. The van der Waals surface area contributed by atoms with Crippen LogP contribution in [0.3, 0.4) is 0 Å². The molecule has 2 aromatic heterocycles. The average Bonchev–Trinajstić information content (AvgIpc) is 3.58. The van der Waals surface area contributed by atoms with E-state index in [0.29, 0.717) is 34.2 Å². The average molecular weight is 644 g/mol. The molecule has 5 nitrogen and oxygen atoms in total. The monoisotopic (exact) mass is 643 g/mol. The molecule has 0 aliphatic heterocycles. The number of para-hydroxylation sites is 2. The van der Waals surface area contributed by atoms with Crippen molar-refractivity contribution < 1.29 is 9.52 Å². The van der Waals surface area contributed by atoms with Gasteiger partial charge in [0.2, 0.25) is 0 Å². The molecule has 5 heteroatoms. The largest absolute Gasteiger partial charge is 0.507 e. The van der Waals surface area contributed by atoms with Crippen molar-refractivity contribution in [2.24, 2.45) is 0 Å². The minimum Gasteiger partial charge on any atom is -0.507 e. The van der Waals surface area contributed by atoms with Crippen LogP contribution < -0.4 is 0 Å². The second kappa shape index (κ2) is 12.3. The van der Waals surface area contributed by atoms with E-state index in [1.807, 2.05) is 133 Å². The number of benzene rings is 7. The second-order valence-corrected chi connectivity index (χ2v) is 12.1. The lowest BCUT2D eigenvalue weighted by Crippen LogP contribution is -2.01. The molecule has 1 N–H and O–H groups in total. The molecule has 236 valence electrons. The molecular formula is C45H29N3O2. The Kier molecular flexibility index (Phi) is 7.21. The van der Waals surface area contributed by atoms with Gasteiger partial charge in [-0.1, -0.05) is 152 Å². The zero-order valence-corrected chi connectivity index (χ0v) is 26.9. The Labute approximate surface area is 288 Å². The number of hydrogen-bond donors (Lipinski definition) is 1. The van der Waals surface area contributed by atoms with E-state index in [-0.39, 0.29) is 5.75 Å². The number of rotatable bonds is 6. The zero-order valence-electron chi connectivity index (χ0n) is 26.9. The Morgan fingerprint density at radius 2 is 0.860 bits per heavy atom. The standard InChI is InChI=1S/C45H29N3O2/c49-41-35(37-21-12-20-36-34-19-10-11-22-39(34)50-42(36)37)27-28-38(40(41)31-15-6-2-7-16-31)45-47-43(32-17-8-3-9-18-32)46-44(48-45)33-25-23-30(24-26-33)29-13-4-1-5-14-29/h1-28,49H. The maximum absolute atomic E-state index is 12.3. The van der Waals surface area contributed by atoms with E-state index in [1.54, 1.807) is 0 Å². The molecule has 0 saturated heterocycles. The topological polar surface area (TPSA) is 72.0 Å². The van der Waals surface area contributed by atoms with Crippen LogP contribution in [0.5, 0.6) is 5.75 Å². The molecular weight excluding hydrogens is 615 g/mol. The highest BCUT2D eigenvalue weighted by molar-refractivity contribution is 6.10. The number of phenolic OH excluding ortho intramolecular Hbond substituents is 1. The zero-order chi connectivity index (χ0) is 33.4. The number of aromatic nitrogens is 3. The van der Waals surface area contributed by atoms with Crippen molar-refractivity contribution in [3.8, 4) is 73.3 Å². The van der Waals surface area contributed by atoms with Crippen LogP contribution in [0.4, 0.5) is 0 Å². The maximum Gasteiger partial charge on any atom is 0.164 e. The first kappa shape index (κ1) is 29.3. The molecule has 0 fully saturated rings. The number of hydrogen-bond acceptors (Lipinski definition) is 5. The third-order valence-electron chi connectivity index (χ3n) is 9.09. The molecule has 50 heavy (non-hydrogen) atoms. The predicted molar refractivity (Wildman–Crippen MR) is 201 cm³/mol. The third kappa shape index (κ3) is 5.18. The molecule has 0 unspecified atom stereocenters. The van der Waals surface area contributed by atoms with Gasteiger partial charge in [-0.3, -0.25) is 0 Å². The molecule has 0 aliphatic rings. The summed E-state index contributed by atoms with van der Waals surface area (Å²) < 4.78 is 6.38. The van der Waals surface area contributed by atoms with Gasteiger partial charge in [0.15, 0.2) is 17.5 Å². The fourth-order valence-corrected chi connectivity index (χ4v) is 6.64. The summed E-state index contributed by atoms with van der Waals surface area (Å²) in [5, 5.41) is 14.3. The van der Waals surface area contributed by atoms with E-state index < -0.39 is 0 Å². The lowest BCUT2D eigenvalue weighted by Gasteiger charge is -2.16. The summed E-state index contributed by atoms with van der Waals surface area (Å²) in [5.41, 5.74) is 9.14. The molecule has 0 saturated carbocycles. The minimum absolute atomic E-state index is 0.122. The summed E-state index contributed by atoms with van der Waals surface area (Å²) in [6.45, 7) is 0. The fraction of sp³-hybridized carbons (Fsp3) is 0. The van der Waals surface area contributed by atoms with E-state index in [9.17, 15) is 5.11 Å². The maximum atomic E-state index is 12.3. The summed E-state index contributed by atoms with van der Waals surface area (Å²) in [5.74, 6) is 1.68. The van der Waals surface area contributed by atoms with E-state index in [1.165, 1.54) is 0 Å². The van der Waals surface area contributed by atoms with Crippen LogP contribution in [0.15, 0.2) is 174 Å². The van der Waals surface area contributed by atoms with Gasteiger partial charge < -0.3 is 9.52 Å². The highest BCUT2D eigenvalue weighted by atomic mass is 16.3. The Morgan fingerprint density at radius 3 is 1.56 bits per heavy atom. The van der Waals surface area contributed by atoms with Gasteiger partial charge in [0.1, 0.15) is 16.9 Å². The normalized spacial score (nSPS) is 11.3. The summed E-state index contributed by atoms with van der Waals surface area (Å²) in [6.07, 6.45) is 0. The van der Waals surface area contributed by atoms with Gasteiger partial charge in [0.05, 0.1) is 0 Å². The van der Waals surface area contributed by atoms with Crippen molar-refractivity contribution in [3.05, 3.63) is 170 Å². The minimum atomic E-state index is 0.122. The Morgan fingerprint density at radius 1 is 0.360 bits per heavy atom. The summed E-state index contributed by atoms with van der Waals surface area (Å²) >= 11 is 0. The first-order valence-corrected chi connectivity index (χ1v) is 16.5. The van der Waals surface area contributed by atoms with Gasteiger partial charge in [-0.05, 0) is 34.9 Å². The van der Waals surface area contributed by atoms with Crippen LogP contribution >= 0.6 is 0 Å². The van der Waals surface area contributed by atoms with Crippen LogP contribution in [0, 0.1) is 0 Å². The van der Waals surface area contributed by atoms with Crippen LogP contribution in [0.2, 0.25) is 0 Å². The van der Waals surface area contributed by atoms with Crippen LogP contribution in [0.25, 0.3) is 89.5 Å². The first-order valence-electron chi connectivity index (χ1n) is 16.5. The molecule has 0 aliphatic carbocycles. The molecule has 0 bridgehead atoms. The van der Waals surface area contributed by atoms with E-state index in [0.717, 1.165) is 55.3 Å². The second-order valence-electron chi connectivity index (χ2n) is 12.1. The molecule has 0 atom stereocenters. The van der Waals surface area contributed by atoms with Crippen molar-refractivity contribution in [1.29, 1.82) is 0 Å². The molecule has 9 rings (SSSR count). The first-order chi connectivity index (χ1) is 24.7. The Balaban J connectivity index is 1.25. The quantitative estimate of drug-likeness (QED) is 0.195. The number of aromatic hydroxyl groups is 1. The van der Waals surface area contributed by atoms with Crippen molar-refractivity contribution in [1.82, 2.24) is 15.0 Å². The summed E-state index contributed by atoms with van der Waals surface area (Å²) in [6, 6.07) is 56.3. The van der Waals surface area contributed by atoms with Gasteiger partial charge in [0, 0.05) is 44.2 Å². The molecule has 0 radical (unpaired) electrons. The SMILES string of the molecule is Oc1c(-c2cccc3c2oc2ccccc23)ccc(-c2nc(-c3ccccc3)nc(-c3ccc(-c4ccccc4)cc3)n2)c1-c1ccccc1. The molecule has 7 aromatic carbocycles. The van der Waals surface area contributed by atoms with Crippen molar-refractivity contribution in [2.75, 3.05) is 0 Å². The lowest BCUT2D eigenvalue weighted by atomic mass is 9.92. The van der Waals surface area contributed by atoms with Gasteiger partial charge in [0.25, 0.3) is 0 Å². The molecule has 0 spiro atoms. The Hall–Kier alpha value is -6.85. The van der Waals surface area contributed by atoms with Gasteiger partial charge >= 0.3 is 0 Å². The van der Waals surface area contributed by atoms with Crippen LogP contribution in [-0.4, -0.2) is 20.1 Å². The van der Waals surface area contributed by atoms with Crippen molar-refractivity contribution in [3.63, 3.8) is 0 Å². The number of phenols is 1. The molecule has 9 aromatic rings. The number of furan rings is 1. The van der Waals surface area contributed by atoms with Crippen molar-refractivity contribution >= 4 is 21.9 Å². The number of fused-ring (bicyclic) bond motifs is 3. The molecule has 2 heterocycles. The highest BCUT2D eigenvalue weighted by Crippen LogP contribution is 2.46. The van der Waals surface area contributed by atoms with Crippen LogP contribution in [-0.2, 0) is 0 Å². The molecule has 0 amide bonds. The Bertz CT molecular complexity index is 2630. The van der Waals surface area contributed by atoms with Gasteiger partial charge in [-0.2, -0.15) is 0 Å². The third-order valence-corrected chi connectivity index (χ3v) is 9.09. The summed E-state index contributed by atoms with van der Waals surface area (Å²) in [4.78, 5) is 15.0. The smallest absolute Gasteiger partial charge is 0.164 e. The van der Waals surface area contributed by atoms with E-state index >= 15 is 0 Å². The predicted octanol–water partition coefficient (Wildman–Crippen LogP) is 11.5. The van der Waals surface area contributed by atoms with Gasteiger partial charge in [-0.15, -0.1) is 0 Å². The lowest BCUT2D eigenvalue weighted by molar-refractivity contribution is 0.479.